The second kappa shape index (κ2) is 8.35. The van der Waals surface area contributed by atoms with E-state index in [-0.39, 0.29) is 0 Å². The number of ether oxygens (including phenoxy) is 1. The Morgan fingerprint density at radius 1 is 1.38 bits per heavy atom. The van der Waals surface area contributed by atoms with Crippen LogP contribution in [0.4, 0.5) is 5.82 Å². The first kappa shape index (κ1) is 16.2. The van der Waals surface area contributed by atoms with Crippen LogP contribution in [0.25, 0.3) is 0 Å². The van der Waals surface area contributed by atoms with Crippen LogP contribution in [-0.4, -0.2) is 38.3 Å². The number of aromatic nitrogens is 1. The molecule has 0 bridgehead atoms. The van der Waals surface area contributed by atoms with Crippen molar-refractivity contribution in [2.75, 3.05) is 38.3 Å². The summed E-state index contributed by atoms with van der Waals surface area (Å²) in [6.07, 6.45) is 5.58. The first-order chi connectivity index (χ1) is 10.2. The molecule has 1 aromatic rings. The second-order valence-electron chi connectivity index (χ2n) is 6.01. The van der Waals surface area contributed by atoms with Crippen molar-refractivity contribution in [3.63, 3.8) is 0 Å². The normalized spacial score (nSPS) is 18.0. The van der Waals surface area contributed by atoms with Crippen molar-refractivity contribution >= 4 is 5.82 Å². The first-order valence-electron chi connectivity index (χ1n) is 8.17. The molecule has 0 saturated carbocycles. The van der Waals surface area contributed by atoms with E-state index < -0.39 is 0 Å². The van der Waals surface area contributed by atoms with Gasteiger partial charge < -0.3 is 15.0 Å². The Labute approximate surface area is 128 Å². The van der Waals surface area contributed by atoms with E-state index in [2.05, 4.69) is 41.2 Å². The first-order valence-corrected chi connectivity index (χ1v) is 8.17. The molecular formula is C17H29N3O. The van der Waals surface area contributed by atoms with Gasteiger partial charge in [-0.2, -0.15) is 0 Å². The molecule has 0 aliphatic carbocycles. The van der Waals surface area contributed by atoms with Crippen molar-refractivity contribution in [3.05, 3.63) is 23.9 Å². The number of nitrogens with zero attached hydrogens (tertiary/aromatic N) is 2. The summed E-state index contributed by atoms with van der Waals surface area (Å²) in [7, 11) is 1.79. The van der Waals surface area contributed by atoms with Crippen molar-refractivity contribution in [3.8, 4) is 0 Å². The van der Waals surface area contributed by atoms with Crippen LogP contribution in [0.15, 0.2) is 18.3 Å². The summed E-state index contributed by atoms with van der Waals surface area (Å²) in [6.45, 7) is 8.50. The largest absolute Gasteiger partial charge is 0.384 e. The average Bonchev–Trinajstić information content (AvgIpc) is 2.54. The van der Waals surface area contributed by atoms with Gasteiger partial charge in [0.05, 0.1) is 0 Å². The van der Waals surface area contributed by atoms with Gasteiger partial charge in [-0.3, -0.25) is 0 Å². The molecule has 1 aliphatic rings. The van der Waals surface area contributed by atoms with E-state index in [1.165, 1.54) is 18.4 Å². The van der Waals surface area contributed by atoms with Crippen LogP contribution >= 0.6 is 0 Å². The van der Waals surface area contributed by atoms with Crippen LogP contribution in [0.5, 0.6) is 0 Å². The predicted octanol–water partition coefficient (Wildman–Crippen LogP) is 3.01. The second-order valence-corrected chi connectivity index (χ2v) is 6.01. The summed E-state index contributed by atoms with van der Waals surface area (Å²) in [6, 6.07) is 4.74. The molecule has 1 saturated heterocycles. The Bertz CT molecular complexity index is 399. The van der Waals surface area contributed by atoms with Gasteiger partial charge in [0.15, 0.2) is 0 Å². The number of piperidine rings is 1. The summed E-state index contributed by atoms with van der Waals surface area (Å²) in [5.41, 5.74) is 1.27. The van der Waals surface area contributed by atoms with Gasteiger partial charge >= 0.3 is 0 Å². The summed E-state index contributed by atoms with van der Waals surface area (Å²) >= 11 is 0. The molecule has 0 aromatic carbocycles. The highest BCUT2D eigenvalue weighted by Crippen LogP contribution is 2.23. The molecule has 4 heteroatoms. The zero-order valence-electron chi connectivity index (χ0n) is 13.6. The Morgan fingerprint density at radius 2 is 2.14 bits per heavy atom. The zero-order chi connectivity index (χ0) is 15.1. The third-order valence-electron chi connectivity index (χ3n) is 4.31. The number of anilines is 1. The fourth-order valence-corrected chi connectivity index (χ4v) is 2.88. The summed E-state index contributed by atoms with van der Waals surface area (Å²) in [4.78, 5) is 7.05. The van der Waals surface area contributed by atoms with Gasteiger partial charge in [0.1, 0.15) is 5.82 Å². The van der Waals surface area contributed by atoms with E-state index in [4.69, 9.17) is 4.74 Å². The van der Waals surface area contributed by atoms with Crippen molar-refractivity contribution < 1.29 is 4.74 Å². The van der Waals surface area contributed by atoms with Crippen LogP contribution in [0, 0.1) is 5.92 Å². The lowest BCUT2D eigenvalue weighted by atomic mass is 9.98. The zero-order valence-corrected chi connectivity index (χ0v) is 13.6. The Hall–Kier alpha value is -1.13. The molecule has 0 amide bonds. The van der Waals surface area contributed by atoms with Crippen molar-refractivity contribution in [2.45, 2.75) is 39.2 Å². The molecule has 2 heterocycles. The lowest BCUT2D eigenvalue weighted by Gasteiger charge is -2.32. The van der Waals surface area contributed by atoms with E-state index in [9.17, 15) is 0 Å². The molecule has 0 spiro atoms. The lowest BCUT2D eigenvalue weighted by molar-refractivity contribution is 0.139. The van der Waals surface area contributed by atoms with Gasteiger partial charge in [-0.05, 0) is 50.3 Å². The Balaban J connectivity index is 1.88. The van der Waals surface area contributed by atoms with Crippen LogP contribution in [-0.2, 0) is 4.74 Å². The standard InChI is InChI=1S/C17H29N3O/c1-4-9-18-14(2)16-5-6-17(19-12-16)20-10-7-15(8-11-20)13-21-3/h5-6,12,14-15,18H,4,7-11,13H2,1-3H3. The number of hydrogen-bond acceptors (Lipinski definition) is 4. The van der Waals surface area contributed by atoms with Crippen molar-refractivity contribution in [2.24, 2.45) is 5.92 Å². The third kappa shape index (κ3) is 4.68. The van der Waals surface area contributed by atoms with E-state index in [1.54, 1.807) is 7.11 Å². The number of pyridine rings is 1. The molecule has 4 nitrogen and oxygen atoms in total. The fourth-order valence-electron chi connectivity index (χ4n) is 2.88. The third-order valence-corrected chi connectivity index (χ3v) is 4.31. The topological polar surface area (TPSA) is 37.4 Å². The molecular weight excluding hydrogens is 262 g/mol. The van der Waals surface area contributed by atoms with Gasteiger partial charge in [-0.1, -0.05) is 13.0 Å². The van der Waals surface area contributed by atoms with Gasteiger partial charge in [-0.15, -0.1) is 0 Å². The molecule has 118 valence electrons. The summed E-state index contributed by atoms with van der Waals surface area (Å²) in [5, 5.41) is 3.50. The lowest BCUT2D eigenvalue weighted by Crippen LogP contribution is -2.35. The van der Waals surface area contributed by atoms with Crippen molar-refractivity contribution in [1.82, 2.24) is 10.3 Å². The number of nitrogens with one attached hydrogen (secondary N) is 1. The minimum Gasteiger partial charge on any atom is -0.384 e. The molecule has 1 aliphatic heterocycles. The van der Waals surface area contributed by atoms with Crippen LogP contribution in [0.2, 0.25) is 0 Å². The molecule has 1 fully saturated rings. The minimum absolute atomic E-state index is 0.374. The quantitative estimate of drug-likeness (QED) is 0.838. The number of rotatable bonds is 7. The number of methoxy groups -OCH3 is 1. The smallest absolute Gasteiger partial charge is 0.128 e. The minimum atomic E-state index is 0.374. The molecule has 0 radical (unpaired) electrons. The summed E-state index contributed by atoms with van der Waals surface area (Å²) < 4.78 is 5.26. The highest BCUT2D eigenvalue weighted by atomic mass is 16.5. The average molecular weight is 291 g/mol. The predicted molar refractivity (Wildman–Crippen MR) is 87.8 cm³/mol. The highest BCUT2D eigenvalue weighted by molar-refractivity contribution is 5.40. The maximum atomic E-state index is 5.26. The molecule has 2 rings (SSSR count). The van der Waals surface area contributed by atoms with Crippen LogP contribution in [0.3, 0.4) is 0 Å². The van der Waals surface area contributed by atoms with E-state index in [0.717, 1.165) is 38.5 Å². The SMILES string of the molecule is CCCNC(C)c1ccc(N2CCC(COC)CC2)nc1. The molecule has 1 N–H and O–H groups in total. The molecule has 1 aromatic heterocycles. The maximum absolute atomic E-state index is 5.26. The van der Waals surface area contributed by atoms with Gasteiger partial charge in [0.25, 0.3) is 0 Å². The van der Waals surface area contributed by atoms with E-state index >= 15 is 0 Å². The van der Waals surface area contributed by atoms with Gasteiger partial charge in [0.2, 0.25) is 0 Å². The van der Waals surface area contributed by atoms with Crippen LogP contribution in [0.1, 0.15) is 44.7 Å². The molecule has 1 atom stereocenters. The Morgan fingerprint density at radius 3 is 2.71 bits per heavy atom. The van der Waals surface area contributed by atoms with Gasteiger partial charge in [0, 0.05) is 39.0 Å². The highest BCUT2D eigenvalue weighted by Gasteiger charge is 2.20. The number of hydrogen-bond donors (Lipinski definition) is 1. The fraction of sp³-hybridized carbons (Fsp3) is 0.706. The Kier molecular flexibility index (Phi) is 6.46. The van der Waals surface area contributed by atoms with E-state index in [1.807, 2.05) is 6.20 Å². The maximum Gasteiger partial charge on any atom is 0.128 e. The molecule has 21 heavy (non-hydrogen) atoms. The van der Waals surface area contributed by atoms with Gasteiger partial charge in [-0.25, -0.2) is 4.98 Å². The molecule has 1 unspecified atom stereocenters. The van der Waals surface area contributed by atoms with E-state index in [0.29, 0.717) is 12.0 Å². The van der Waals surface area contributed by atoms with Crippen molar-refractivity contribution in [1.29, 1.82) is 0 Å². The summed E-state index contributed by atoms with van der Waals surface area (Å²) in [5.74, 6) is 1.82. The monoisotopic (exact) mass is 291 g/mol. The van der Waals surface area contributed by atoms with Crippen LogP contribution < -0.4 is 10.2 Å².